The van der Waals surface area contributed by atoms with Crippen molar-refractivity contribution in [2.45, 2.75) is 6.61 Å². The number of ether oxygens (including phenoxy) is 1. The summed E-state index contributed by atoms with van der Waals surface area (Å²) in [4.78, 5) is 24.6. The number of rotatable bonds is 6. The third kappa shape index (κ3) is 4.67. The monoisotopic (exact) mass is 326 g/mol. The molecule has 6 nitrogen and oxygen atoms in total. The highest BCUT2D eigenvalue weighted by molar-refractivity contribution is 6.16. The molecular formula is C18H18N2O4. The number of hydrogen-bond donors (Lipinski definition) is 0. The molecule has 0 heterocycles. The van der Waals surface area contributed by atoms with Gasteiger partial charge in [-0.1, -0.05) is 42.5 Å². The summed E-state index contributed by atoms with van der Waals surface area (Å²) in [5, 5.41) is 10.9. The molecule has 24 heavy (non-hydrogen) atoms. The Hall–Kier alpha value is -3.15. The van der Waals surface area contributed by atoms with Gasteiger partial charge in [0.25, 0.3) is 5.69 Å². The molecule has 0 atom stereocenters. The summed E-state index contributed by atoms with van der Waals surface area (Å²) in [5.74, 6) is -0.534. The minimum Gasteiger partial charge on any atom is -0.457 e. The number of hydrogen-bond acceptors (Lipinski definition) is 5. The molecule has 124 valence electrons. The van der Waals surface area contributed by atoms with Crippen LogP contribution in [0, 0.1) is 10.1 Å². The van der Waals surface area contributed by atoms with Gasteiger partial charge in [-0.2, -0.15) is 0 Å². The van der Waals surface area contributed by atoms with Gasteiger partial charge >= 0.3 is 5.97 Å². The Morgan fingerprint density at radius 2 is 1.88 bits per heavy atom. The van der Waals surface area contributed by atoms with Crippen molar-refractivity contribution >= 4 is 17.2 Å². The number of nitrogens with zero attached hydrogens (tertiary/aromatic N) is 2. The van der Waals surface area contributed by atoms with Crippen molar-refractivity contribution in [3.05, 3.63) is 82.0 Å². The number of benzene rings is 2. The number of carbonyl (C=O) groups is 1. The molecule has 2 aromatic carbocycles. The highest BCUT2D eigenvalue weighted by Crippen LogP contribution is 2.22. The van der Waals surface area contributed by atoms with E-state index >= 15 is 0 Å². The van der Waals surface area contributed by atoms with E-state index in [0.717, 1.165) is 5.56 Å². The van der Waals surface area contributed by atoms with Crippen LogP contribution in [0.4, 0.5) is 5.69 Å². The average Bonchev–Trinajstić information content (AvgIpc) is 2.58. The largest absolute Gasteiger partial charge is 0.457 e. The molecule has 0 fully saturated rings. The summed E-state index contributed by atoms with van der Waals surface area (Å²) in [6, 6.07) is 15.2. The quantitative estimate of drug-likeness (QED) is 0.353. The van der Waals surface area contributed by atoms with Crippen LogP contribution in [0.3, 0.4) is 0 Å². The van der Waals surface area contributed by atoms with Gasteiger partial charge in [0.1, 0.15) is 6.61 Å². The highest BCUT2D eigenvalue weighted by Gasteiger charge is 2.17. The second kappa shape index (κ2) is 7.92. The second-order valence-corrected chi connectivity index (χ2v) is 5.38. The smallest absolute Gasteiger partial charge is 0.340 e. The first-order valence-corrected chi connectivity index (χ1v) is 7.31. The first kappa shape index (κ1) is 17.2. The van der Waals surface area contributed by atoms with Gasteiger partial charge in [0.05, 0.1) is 10.5 Å². The van der Waals surface area contributed by atoms with Gasteiger partial charge in [-0.15, -0.1) is 0 Å². The van der Waals surface area contributed by atoms with Gasteiger partial charge < -0.3 is 9.64 Å². The van der Waals surface area contributed by atoms with Crippen molar-refractivity contribution in [3.63, 3.8) is 0 Å². The molecule has 0 saturated heterocycles. The van der Waals surface area contributed by atoms with Crippen molar-refractivity contribution in [2.24, 2.45) is 0 Å². The molecule has 2 aromatic rings. The molecule has 0 aromatic heterocycles. The van der Waals surface area contributed by atoms with E-state index < -0.39 is 10.9 Å². The summed E-state index contributed by atoms with van der Waals surface area (Å²) >= 11 is 0. The maximum atomic E-state index is 12.4. The molecular weight excluding hydrogens is 308 g/mol. The first-order chi connectivity index (χ1) is 11.5. The number of non-ortho nitro benzene ring substituents is 1. The Labute approximate surface area is 140 Å². The Balaban J connectivity index is 2.24. The van der Waals surface area contributed by atoms with Crippen LogP contribution in [-0.2, 0) is 16.1 Å². The number of esters is 1. The van der Waals surface area contributed by atoms with E-state index in [1.165, 1.54) is 12.1 Å². The molecule has 2 rings (SSSR count). The van der Waals surface area contributed by atoms with Crippen molar-refractivity contribution in [3.8, 4) is 0 Å². The van der Waals surface area contributed by atoms with Gasteiger partial charge in [-0.3, -0.25) is 10.1 Å². The fourth-order valence-electron chi connectivity index (χ4n) is 2.09. The van der Waals surface area contributed by atoms with Crippen LogP contribution in [0.15, 0.2) is 60.8 Å². The Morgan fingerprint density at radius 3 is 2.50 bits per heavy atom. The number of carbonyl (C=O) groups excluding carboxylic acids is 1. The van der Waals surface area contributed by atoms with E-state index in [1.54, 1.807) is 37.3 Å². The summed E-state index contributed by atoms with van der Waals surface area (Å²) in [6.45, 7) is 0.138. The lowest BCUT2D eigenvalue weighted by Gasteiger charge is -2.12. The summed E-state index contributed by atoms with van der Waals surface area (Å²) in [7, 11) is 3.53. The summed E-state index contributed by atoms with van der Waals surface area (Å²) in [5.41, 5.74) is 1.50. The first-order valence-electron chi connectivity index (χ1n) is 7.31. The standard InChI is InChI=1S/C18H18N2O4/c1-19(2)12-17(15-9-6-10-16(11-15)20(22)23)18(21)24-13-14-7-4-3-5-8-14/h3-12H,13H2,1-2H3/b17-12+. The predicted octanol–water partition coefficient (Wildman–Crippen LogP) is 3.24. The molecule has 0 aliphatic rings. The van der Waals surface area contributed by atoms with Gasteiger partial charge in [-0.25, -0.2) is 4.79 Å². The lowest BCUT2D eigenvalue weighted by molar-refractivity contribution is -0.384. The lowest BCUT2D eigenvalue weighted by Crippen LogP contribution is -2.12. The van der Waals surface area contributed by atoms with E-state index in [2.05, 4.69) is 0 Å². The van der Waals surface area contributed by atoms with Crippen molar-refractivity contribution in [1.82, 2.24) is 4.90 Å². The molecule has 0 bridgehead atoms. The van der Waals surface area contributed by atoms with Gasteiger partial charge in [0, 0.05) is 32.4 Å². The minimum absolute atomic E-state index is 0.0759. The molecule has 0 amide bonds. The second-order valence-electron chi connectivity index (χ2n) is 5.38. The highest BCUT2D eigenvalue weighted by atomic mass is 16.6. The SMILES string of the molecule is CN(C)/C=C(/C(=O)OCc1ccccc1)c1cccc([N+](=O)[O-])c1. The average molecular weight is 326 g/mol. The van der Waals surface area contributed by atoms with Crippen LogP contribution >= 0.6 is 0 Å². The van der Waals surface area contributed by atoms with Crippen LogP contribution in [0.5, 0.6) is 0 Å². The topological polar surface area (TPSA) is 72.7 Å². The fraction of sp³-hybridized carbons (Fsp3) is 0.167. The zero-order valence-electron chi connectivity index (χ0n) is 13.5. The normalized spacial score (nSPS) is 11.0. The summed E-state index contributed by atoms with van der Waals surface area (Å²) < 4.78 is 5.34. The van der Waals surface area contributed by atoms with Gasteiger partial charge in [0.15, 0.2) is 0 Å². The van der Waals surface area contributed by atoms with Gasteiger partial charge in [-0.05, 0) is 11.1 Å². The van der Waals surface area contributed by atoms with Crippen LogP contribution in [0.25, 0.3) is 5.57 Å². The predicted molar refractivity (Wildman–Crippen MR) is 91.0 cm³/mol. The summed E-state index contributed by atoms with van der Waals surface area (Å²) in [6.07, 6.45) is 1.59. The maximum Gasteiger partial charge on any atom is 0.340 e. The Kier molecular flexibility index (Phi) is 5.68. The maximum absolute atomic E-state index is 12.4. The molecule has 0 radical (unpaired) electrons. The van der Waals surface area contributed by atoms with Crippen LogP contribution in [0.1, 0.15) is 11.1 Å². The van der Waals surface area contributed by atoms with Crippen LogP contribution in [0.2, 0.25) is 0 Å². The molecule has 0 aliphatic carbocycles. The van der Waals surface area contributed by atoms with Crippen molar-refractivity contribution < 1.29 is 14.5 Å². The zero-order valence-corrected chi connectivity index (χ0v) is 13.5. The molecule has 0 spiro atoms. The Bertz CT molecular complexity index is 755. The van der Waals surface area contributed by atoms with E-state index in [9.17, 15) is 14.9 Å². The molecule has 0 unspecified atom stereocenters. The van der Waals surface area contributed by atoms with E-state index in [-0.39, 0.29) is 17.9 Å². The molecule has 6 heteroatoms. The zero-order chi connectivity index (χ0) is 17.5. The molecule has 0 aliphatic heterocycles. The van der Waals surface area contributed by atoms with Crippen LogP contribution < -0.4 is 0 Å². The number of nitro groups is 1. The van der Waals surface area contributed by atoms with E-state index in [1.807, 2.05) is 30.3 Å². The van der Waals surface area contributed by atoms with Crippen LogP contribution in [-0.4, -0.2) is 29.9 Å². The Morgan fingerprint density at radius 1 is 1.17 bits per heavy atom. The fourth-order valence-corrected chi connectivity index (χ4v) is 2.09. The van der Waals surface area contributed by atoms with Crippen molar-refractivity contribution in [2.75, 3.05) is 14.1 Å². The van der Waals surface area contributed by atoms with E-state index in [0.29, 0.717) is 5.56 Å². The van der Waals surface area contributed by atoms with Gasteiger partial charge in [0.2, 0.25) is 0 Å². The van der Waals surface area contributed by atoms with E-state index in [4.69, 9.17) is 4.74 Å². The number of nitro benzene ring substituents is 1. The third-order valence-corrected chi connectivity index (χ3v) is 3.19. The molecule has 0 saturated carbocycles. The molecule has 0 N–H and O–H groups in total. The minimum atomic E-state index is -0.534. The van der Waals surface area contributed by atoms with Crippen molar-refractivity contribution in [1.29, 1.82) is 0 Å². The third-order valence-electron chi connectivity index (χ3n) is 3.19. The lowest BCUT2D eigenvalue weighted by atomic mass is 10.1.